The molecule has 0 spiro atoms. The maximum absolute atomic E-state index is 13.0. The zero-order valence-corrected chi connectivity index (χ0v) is 14.7. The molecule has 1 aromatic carbocycles. The lowest BCUT2D eigenvalue weighted by atomic mass is 9.88. The van der Waals surface area contributed by atoms with Gasteiger partial charge < -0.3 is 9.47 Å². The highest BCUT2D eigenvalue weighted by Gasteiger charge is 2.50. The molecule has 1 aliphatic heterocycles. The minimum absolute atomic E-state index is 0.247. The first-order valence-corrected chi connectivity index (χ1v) is 9.32. The van der Waals surface area contributed by atoms with E-state index in [2.05, 4.69) is 17.1 Å². The molecule has 4 heteroatoms. The zero-order valence-electron chi connectivity index (χ0n) is 14.7. The Kier molecular flexibility index (Phi) is 3.59. The van der Waals surface area contributed by atoms with Crippen molar-refractivity contribution in [1.82, 2.24) is 4.98 Å². The van der Waals surface area contributed by atoms with Crippen molar-refractivity contribution in [3.8, 4) is 11.5 Å². The number of pyridine rings is 1. The van der Waals surface area contributed by atoms with E-state index in [-0.39, 0.29) is 18.0 Å². The van der Waals surface area contributed by atoms with Crippen molar-refractivity contribution in [2.45, 2.75) is 43.9 Å². The summed E-state index contributed by atoms with van der Waals surface area (Å²) in [6, 6.07) is 9.99. The van der Waals surface area contributed by atoms with Crippen LogP contribution < -0.4 is 9.47 Å². The van der Waals surface area contributed by atoms with Crippen LogP contribution >= 0.6 is 0 Å². The Labute approximate surface area is 152 Å². The summed E-state index contributed by atoms with van der Waals surface area (Å²) in [6.45, 7) is 0.256. The molecule has 1 fully saturated rings. The summed E-state index contributed by atoms with van der Waals surface area (Å²) in [5.74, 6) is 1.75. The molecule has 0 unspecified atom stereocenters. The molecule has 0 N–H and O–H groups in total. The van der Waals surface area contributed by atoms with Crippen molar-refractivity contribution in [2.75, 3.05) is 6.79 Å². The number of carbonyl (C=O) groups is 1. The smallest absolute Gasteiger partial charge is 0.231 e. The SMILES string of the molecule is O=C(Cc1ccc(C2=CCCC2)cn1)C1(c2ccc3c(c2)OCO3)CC1. The van der Waals surface area contributed by atoms with Gasteiger partial charge in [-0.05, 0) is 67.0 Å². The summed E-state index contributed by atoms with van der Waals surface area (Å²) in [5, 5.41) is 0. The molecule has 0 saturated heterocycles. The summed E-state index contributed by atoms with van der Waals surface area (Å²) < 4.78 is 10.8. The standard InChI is InChI=1S/C22H21NO3/c24-21(12-18-7-5-16(13-23-18)15-3-1-2-4-15)22(9-10-22)17-6-8-19-20(11-17)26-14-25-19/h3,5-8,11,13H,1-2,4,9-10,12,14H2. The van der Waals surface area contributed by atoms with Crippen LogP contribution in [0.3, 0.4) is 0 Å². The van der Waals surface area contributed by atoms with Gasteiger partial charge in [-0.25, -0.2) is 0 Å². The Morgan fingerprint density at radius 1 is 1.12 bits per heavy atom. The van der Waals surface area contributed by atoms with Crippen molar-refractivity contribution < 1.29 is 14.3 Å². The first kappa shape index (κ1) is 15.6. The molecule has 3 aliphatic rings. The number of Topliss-reactive ketones (excluding diaryl/α,β-unsaturated/α-hetero) is 1. The Hall–Kier alpha value is -2.62. The van der Waals surface area contributed by atoms with Gasteiger partial charge in [-0.3, -0.25) is 9.78 Å². The molecule has 2 heterocycles. The van der Waals surface area contributed by atoms with E-state index in [9.17, 15) is 4.79 Å². The second-order valence-corrected chi connectivity index (χ2v) is 7.41. The van der Waals surface area contributed by atoms with E-state index in [1.807, 2.05) is 30.5 Å². The summed E-state index contributed by atoms with van der Waals surface area (Å²) in [7, 11) is 0. The Balaban J connectivity index is 1.33. The number of carbonyl (C=O) groups excluding carboxylic acids is 1. The predicted octanol–water partition coefficient (Wildman–Crippen LogP) is 4.22. The molecule has 1 saturated carbocycles. The van der Waals surface area contributed by atoms with E-state index in [4.69, 9.17) is 9.47 Å². The van der Waals surface area contributed by atoms with Crippen molar-refractivity contribution in [2.24, 2.45) is 0 Å². The van der Waals surface area contributed by atoms with Gasteiger partial charge in [0.1, 0.15) is 5.78 Å². The molecule has 1 aromatic heterocycles. The largest absolute Gasteiger partial charge is 0.454 e. The van der Waals surface area contributed by atoms with Gasteiger partial charge in [0.15, 0.2) is 11.5 Å². The van der Waals surface area contributed by atoms with Gasteiger partial charge >= 0.3 is 0 Å². The van der Waals surface area contributed by atoms with Crippen LogP contribution in [0.5, 0.6) is 11.5 Å². The van der Waals surface area contributed by atoms with Crippen LogP contribution in [0.2, 0.25) is 0 Å². The van der Waals surface area contributed by atoms with E-state index in [1.165, 1.54) is 17.6 Å². The second kappa shape index (κ2) is 5.97. The second-order valence-electron chi connectivity index (χ2n) is 7.41. The number of fused-ring (bicyclic) bond motifs is 1. The summed E-state index contributed by atoms with van der Waals surface area (Å²) >= 11 is 0. The van der Waals surface area contributed by atoms with Gasteiger partial charge in [0, 0.05) is 18.3 Å². The van der Waals surface area contributed by atoms with E-state index >= 15 is 0 Å². The average molecular weight is 347 g/mol. The third-order valence-corrected chi connectivity index (χ3v) is 5.79. The van der Waals surface area contributed by atoms with Crippen LogP contribution in [0.1, 0.15) is 48.9 Å². The summed E-state index contributed by atoms with van der Waals surface area (Å²) in [6.07, 6.45) is 9.91. The molecule has 4 nitrogen and oxygen atoms in total. The highest BCUT2D eigenvalue weighted by Crippen LogP contribution is 2.51. The fourth-order valence-corrected chi connectivity index (χ4v) is 4.03. The molecule has 2 aromatic rings. The maximum Gasteiger partial charge on any atom is 0.231 e. The Morgan fingerprint density at radius 3 is 2.73 bits per heavy atom. The maximum atomic E-state index is 13.0. The molecule has 0 amide bonds. The lowest BCUT2D eigenvalue weighted by Crippen LogP contribution is -2.23. The van der Waals surface area contributed by atoms with Gasteiger partial charge in [-0.15, -0.1) is 0 Å². The van der Waals surface area contributed by atoms with Crippen LogP contribution in [0, 0.1) is 0 Å². The highest BCUT2D eigenvalue weighted by molar-refractivity contribution is 5.94. The molecule has 0 radical (unpaired) electrons. The van der Waals surface area contributed by atoms with Crippen LogP contribution in [0.25, 0.3) is 5.57 Å². The van der Waals surface area contributed by atoms with Crippen LogP contribution in [-0.4, -0.2) is 17.6 Å². The third kappa shape index (κ3) is 2.61. The summed E-state index contributed by atoms with van der Waals surface area (Å²) in [5.41, 5.74) is 4.10. The minimum Gasteiger partial charge on any atom is -0.454 e. The quantitative estimate of drug-likeness (QED) is 0.812. The molecule has 132 valence electrons. The minimum atomic E-state index is -0.366. The molecule has 2 aliphatic carbocycles. The number of ether oxygens (including phenoxy) is 2. The first-order chi connectivity index (χ1) is 12.7. The first-order valence-electron chi connectivity index (χ1n) is 9.32. The number of aromatic nitrogens is 1. The lowest BCUT2D eigenvalue weighted by molar-refractivity contribution is -0.120. The number of benzene rings is 1. The molecule has 0 bridgehead atoms. The van der Waals surface area contributed by atoms with Crippen LogP contribution in [0.15, 0.2) is 42.6 Å². The molecular formula is C22H21NO3. The zero-order chi connectivity index (χ0) is 17.6. The number of allylic oxidation sites excluding steroid dienone is 2. The van der Waals surface area contributed by atoms with Gasteiger partial charge in [-0.2, -0.15) is 0 Å². The molecule has 0 atom stereocenters. The lowest BCUT2D eigenvalue weighted by Gasteiger charge is -2.15. The normalized spacial score (nSPS) is 19.3. The van der Waals surface area contributed by atoms with Crippen molar-refractivity contribution in [3.63, 3.8) is 0 Å². The monoisotopic (exact) mass is 347 g/mol. The molecular weight excluding hydrogens is 326 g/mol. The fraction of sp³-hybridized carbons (Fsp3) is 0.364. The van der Waals surface area contributed by atoms with Crippen LogP contribution in [0.4, 0.5) is 0 Å². The van der Waals surface area contributed by atoms with Gasteiger partial charge in [0.05, 0.1) is 5.41 Å². The van der Waals surface area contributed by atoms with E-state index in [1.54, 1.807) is 0 Å². The van der Waals surface area contributed by atoms with E-state index < -0.39 is 0 Å². The predicted molar refractivity (Wildman–Crippen MR) is 98.3 cm³/mol. The van der Waals surface area contributed by atoms with Gasteiger partial charge in [0.2, 0.25) is 6.79 Å². The Bertz CT molecular complexity index is 894. The van der Waals surface area contributed by atoms with Crippen LogP contribution in [-0.2, 0) is 16.6 Å². The van der Waals surface area contributed by atoms with Crippen molar-refractivity contribution >= 4 is 11.4 Å². The highest BCUT2D eigenvalue weighted by atomic mass is 16.7. The van der Waals surface area contributed by atoms with Crippen molar-refractivity contribution in [1.29, 1.82) is 0 Å². The number of hydrogen-bond donors (Lipinski definition) is 0. The van der Waals surface area contributed by atoms with Gasteiger partial charge in [-0.1, -0.05) is 18.2 Å². The average Bonchev–Trinajstić information content (AvgIpc) is 3.08. The topological polar surface area (TPSA) is 48.4 Å². The third-order valence-electron chi connectivity index (χ3n) is 5.79. The Morgan fingerprint density at radius 2 is 2.00 bits per heavy atom. The van der Waals surface area contributed by atoms with Gasteiger partial charge in [0.25, 0.3) is 0 Å². The van der Waals surface area contributed by atoms with E-state index in [0.717, 1.165) is 48.4 Å². The van der Waals surface area contributed by atoms with E-state index in [0.29, 0.717) is 6.42 Å². The number of rotatable bonds is 5. The number of nitrogens with zero attached hydrogens (tertiary/aromatic N) is 1. The molecule has 5 rings (SSSR count). The van der Waals surface area contributed by atoms with Crippen molar-refractivity contribution in [3.05, 3.63) is 59.4 Å². The number of ketones is 1. The number of hydrogen-bond acceptors (Lipinski definition) is 4. The fourth-order valence-electron chi connectivity index (χ4n) is 4.03. The molecule has 26 heavy (non-hydrogen) atoms. The summed E-state index contributed by atoms with van der Waals surface area (Å²) in [4.78, 5) is 17.6.